The lowest BCUT2D eigenvalue weighted by atomic mass is 10.2. The summed E-state index contributed by atoms with van der Waals surface area (Å²) in [7, 11) is -2.01. The van der Waals surface area contributed by atoms with Gasteiger partial charge in [-0.1, -0.05) is 39.3 Å². The Morgan fingerprint density at radius 3 is 2.44 bits per heavy atom. The van der Waals surface area contributed by atoms with E-state index in [0.29, 0.717) is 18.1 Å². The van der Waals surface area contributed by atoms with Gasteiger partial charge in [-0.25, -0.2) is 12.7 Å². The molecule has 25 heavy (non-hydrogen) atoms. The number of hydrogen-bond donors (Lipinski definition) is 0. The highest BCUT2D eigenvalue weighted by Gasteiger charge is 2.21. The molecular weight excluding hydrogens is 406 g/mol. The Hall–Kier alpha value is -2.03. The molecule has 1 heterocycles. The lowest BCUT2D eigenvalue weighted by Crippen LogP contribution is -2.29. The minimum atomic E-state index is -3.54. The molecule has 0 N–H and O–H groups in total. The van der Waals surface area contributed by atoms with Gasteiger partial charge in [0.05, 0.1) is 4.90 Å². The number of aromatic nitrogens is 2. The van der Waals surface area contributed by atoms with Crippen LogP contribution in [0.5, 0.6) is 0 Å². The predicted octanol–water partition coefficient (Wildman–Crippen LogP) is 3.36. The first kappa shape index (κ1) is 17.8. The first-order chi connectivity index (χ1) is 12.0. The zero-order valence-corrected chi connectivity index (χ0v) is 15.9. The molecular formula is C17H16BrN3O3S. The van der Waals surface area contributed by atoms with Crippen molar-refractivity contribution in [2.45, 2.75) is 11.3 Å². The summed E-state index contributed by atoms with van der Waals surface area (Å²) >= 11 is 3.30. The second-order valence-corrected chi connectivity index (χ2v) is 8.37. The average molecular weight is 422 g/mol. The summed E-state index contributed by atoms with van der Waals surface area (Å²) in [4.78, 5) is 4.56. The maximum absolute atomic E-state index is 12.5. The molecule has 0 unspecified atom stereocenters. The van der Waals surface area contributed by atoms with Crippen molar-refractivity contribution in [1.29, 1.82) is 0 Å². The molecule has 0 aliphatic heterocycles. The second-order valence-electron chi connectivity index (χ2n) is 5.41. The highest BCUT2D eigenvalue weighted by molar-refractivity contribution is 9.10. The molecule has 0 radical (unpaired) electrons. The number of halogens is 1. The van der Waals surface area contributed by atoms with Crippen LogP contribution in [0.2, 0.25) is 0 Å². The highest BCUT2D eigenvalue weighted by Crippen LogP contribution is 2.19. The number of likely N-dealkylation sites (N-methyl/N-ethyl adjacent to an activating group) is 1. The third kappa shape index (κ3) is 4.15. The van der Waals surface area contributed by atoms with Crippen molar-refractivity contribution in [3.8, 4) is 11.5 Å². The molecule has 0 saturated carbocycles. The minimum absolute atomic E-state index is 0.247. The molecule has 3 aromatic rings. The average Bonchev–Trinajstić information content (AvgIpc) is 3.10. The van der Waals surface area contributed by atoms with Crippen molar-refractivity contribution >= 4 is 26.0 Å². The van der Waals surface area contributed by atoms with Crippen molar-refractivity contribution < 1.29 is 12.9 Å². The van der Waals surface area contributed by atoms with E-state index >= 15 is 0 Å². The number of benzene rings is 2. The fourth-order valence-electron chi connectivity index (χ4n) is 2.22. The van der Waals surface area contributed by atoms with Crippen LogP contribution in [0.25, 0.3) is 11.5 Å². The van der Waals surface area contributed by atoms with Gasteiger partial charge in [0.1, 0.15) is 0 Å². The van der Waals surface area contributed by atoms with E-state index in [4.69, 9.17) is 4.52 Å². The molecule has 0 saturated heterocycles. The fourth-order valence-corrected chi connectivity index (χ4v) is 3.65. The van der Waals surface area contributed by atoms with E-state index < -0.39 is 10.0 Å². The highest BCUT2D eigenvalue weighted by atomic mass is 79.9. The molecule has 0 bridgehead atoms. The largest absolute Gasteiger partial charge is 0.334 e. The first-order valence-electron chi connectivity index (χ1n) is 7.57. The molecule has 0 spiro atoms. The van der Waals surface area contributed by atoms with Gasteiger partial charge in [0.2, 0.25) is 10.0 Å². The molecule has 0 aliphatic carbocycles. The Balaban J connectivity index is 1.67. The van der Waals surface area contributed by atoms with Gasteiger partial charge in [-0.15, -0.1) is 0 Å². The summed E-state index contributed by atoms with van der Waals surface area (Å²) < 4.78 is 32.4. The second kappa shape index (κ2) is 7.47. The molecule has 0 amide bonds. The number of hydrogen-bond acceptors (Lipinski definition) is 5. The van der Waals surface area contributed by atoms with E-state index in [9.17, 15) is 8.42 Å². The van der Waals surface area contributed by atoms with Crippen LogP contribution in [-0.4, -0.2) is 36.5 Å². The maximum Gasteiger partial charge on any atom is 0.257 e. The third-order valence-corrected chi connectivity index (χ3v) is 6.06. The Labute approximate surface area is 154 Å². The zero-order chi connectivity index (χ0) is 17.9. The molecule has 0 atom stereocenters. The first-order valence-corrected chi connectivity index (χ1v) is 9.80. The third-order valence-electron chi connectivity index (χ3n) is 3.66. The molecule has 8 heteroatoms. The Morgan fingerprint density at radius 1 is 1.08 bits per heavy atom. The predicted molar refractivity (Wildman–Crippen MR) is 97.4 cm³/mol. The molecule has 130 valence electrons. The zero-order valence-electron chi connectivity index (χ0n) is 13.5. The number of nitrogens with zero attached hydrogens (tertiary/aromatic N) is 3. The van der Waals surface area contributed by atoms with Gasteiger partial charge < -0.3 is 4.52 Å². The Kier molecular flexibility index (Phi) is 5.31. The SMILES string of the molecule is CN(CCc1noc(-c2ccccc2)n1)S(=O)(=O)c1ccc(Br)cc1. The molecule has 3 rings (SSSR count). The molecule has 6 nitrogen and oxygen atoms in total. The number of sulfonamides is 1. The normalized spacial score (nSPS) is 11.8. The van der Waals surface area contributed by atoms with Crippen LogP contribution in [0, 0.1) is 0 Å². The van der Waals surface area contributed by atoms with Crippen LogP contribution in [0.4, 0.5) is 0 Å². The monoisotopic (exact) mass is 421 g/mol. The van der Waals surface area contributed by atoms with Crippen molar-refractivity contribution in [3.63, 3.8) is 0 Å². The van der Waals surface area contributed by atoms with Crippen LogP contribution in [0.15, 0.2) is 68.5 Å². The van der Waals surface area contributed by atoms with Crippen LogP contribution >= 0.6 is 15.9 Å². The fraction of sp³-hybridized carbons (Fsp3) is 0.176. The molecule has 2 aromatic carbocycles. The van der Waals surface area contributed by atoms with Gasteiger partial charge in [0.15, 0.2) is 5.82 Å². The molecule has 0 aliphatic rings. The lowest BCUT2D eigenvalue weighted by Gasteiger charge is -2.16. The van der Waals surface area contributed by atoms with E-state index in [0.717, 1.165) is 10.0 Å². The van der Waals surface area contributed by atoms with Crippen molar-refractivity contribution in [2.75, 3.05) is 13.6 Å². The maximum atomic E-state index is 12.5. The van der Waals surface area contributed by atoms with E-state index in [1.807, 2.05) is 30.3 Å². The van der Waals surface area contributed by atoms with Crippen LogP contribution in [-0.2, 0) is 16.4 Å². The molecule has 1 aromatic heterocycles. The smallest absolute Gasteiger partial charge is 0.257 e. The molecule has 0 fully saturated rings. The lowest BCUT2D eigenvalue weighted by molar-refractivity contribution is 0.415. The van der Waals surface area contributed by atoms with Crippen LogP contribution in [0.1, 0.15) is 5.82 Å². The summed E-state index contributed by atoms with van der Waals surface area (Å²) in [5, 5.41) is 3.92. The summed E-state index contributed by atoms with van der Waals surface area (Å²) in [6, 6.07) is 16.0. The summed E-state index contributed by atoms with van der Waals surface area (Å²) in [5.41, 5.74) is 0.831. The van der Waals surface area contributed by atoms with Crippen molar-refractivity contribution in [3.05, 3.63) is 64.9 Å². The van der Waals surface area contributed by atoms with E-state index in [2.05, 4.69) is 26.1 Å². The van der Waals surface area contributed by atoms with Crippen molar-refractivity contribution in [2.24, 2.45) is 0 Å². The van der Waals surface area contributed by atoms with Gasteiger partial charge in [0, 0.05) is 30.0 Å². The van der Waals surface area contributed by atoms with Gasteiger partial charge in [-0.2, -0.15) is 4.98 Å². The van der Waals surface area contributed by atoms with Gasteiger partial charge in [0.25, 0.3) is 5.89 Å². The summed E-state index contributed by atoms with van der Waals surface area (Å²) in [5.74, 6) is 0.894. The van der Waals surface area contributed by atoms with Crippen molar-refractivity contribution in [1.82, 2.24) is 14.4 Å². The van der Waals surface area contributed by atoms with E-state index in [1.54, 1.807) is 24.3 Å². The number of rotatable bonds is 6. The van der Waals surface area contributed by atoms with Crippen LogP contribution < -0.4 is 0 Å². The van der Waals surface area contributed by atoms with E-state index in [-0.39, 0.29) is 11.4 Å². The summed E-state index contributed by atoms with van der Waals surface area (Å²) in [6.45, 7) is 0.256. The topological polar surface area (TPSA) is 76.3 Å². The minimum Gasteiger partial charge on any atom is -0.334 e. The quantitative estimate of drug-likeness (QED) is 0.609. The Morgan fingerprint density at radius 2 is 1.76 bits per heavy atom. The standard InChI is InChI=1S/C17H16BrN3O3S/c1-21(25(22,23)15-9-7-14(18)8-10-15)12-11-16-19-17(24-20-16)13-5-3-2-4-6-13/h2-10H,11-12H2,1H3. The van der Waals surface area contributed by atoms with Crippen LogP contribution in [0.3, 0.4) is 0 Å². The van der Waals surface area contributed by atoms with E-state index in [1.165, 1.54) is 11.4 Å². The Bertz CT molecular complexity index is 941. The van der Waals surface area contributed by atoms with Gasteiger partial charge in [-0.05, 0) is 36.4 Å². The van der Waals surface area contributed by atoms with Gasteiger partial charge in [-0.3, -0.25) is 0 Å². The van der Waals surface area contributed by atoms with Gasteiger partial charge >= 0.3 is 0 Å². The summed E-state index contributed by atoms with van der Waals surface area (Å²) in [6.07, 6.45) is 0.364.